The van der Waals surface area contributed by atoms with E-state index in [9.17, 15) is 27.9 Å². The van der Waals surface area contributed by atoms with Crippen molar-refractivity contribution in [3.05, 3.63) is 57.6 Å². The molecule has 2 atom stereocenters. The number of rotatable bonds is 3. The molecule has 0 bridgehead atoms. The van der Waals surface area contributed by atoms with Crippen LogP contribution in [0.4, 0.5) is 24.7 Å². The van der Waals surface area contributed by atoms with Crippen molar-refractivity contribution in [2.45, 2.75) is 13.1 Å². The zero-order chi connectivity index (χ0) is 21.9. The molecule has 2 aromatic heterocycles. The van der Waals surface area contributed by atoms with Crippen LogP contribution in [0, 0.1) is 23.4 Å². The third-order valence-corrected chi connectivity index (χ3v) is 5.17. The molecule has 1 aliphatic heterocycles. The molecule has 156 valence electrons. The number of nitrogens with zero attached hydrogens (tertiary/aromatic N) is 3. The molecule has 1 fully saturated rings. The Labute approximate surface area is 167 Å². The Morgan fingerprint density at radius 3 is 2.50 bits per heavy atom. The van der Waals surface area contributed by atoms with Crippen molar-refractivity contribution >= 4 is 28.5 Å². The number of aromatic nitrogens is 2. The number of nitrogen functional groups attached to an aromatic ring is 1. The maximum Gasteiger partial charge on any atom is 0.341 e. The molecule has 11 heteroatoms. The van der Waals surface area contributed by atoms with E-state index in [4.69, 9.17) is 11.5 Å². The van der Waals surface area contributed by atoms with Crippen molar-refractivity contribution in [3.8, 4) is 5.69 Å². The van der Waals surface area contributed by atoms with Crippen molar-refractivity contribution < 1.29 is 23.1 Å². The van der Waals surface area contributed by atoms with Crippen LogP contribution in [0.2, 0.25) is 0 Å². The Hall–Kier alpha value is -3.60. The first kappa shape index (κ1) is 19.7. The van der Waals surface area contributed by atoms with E-state index >= 15 is 0 Å². The Kier molecular flexibility index (Phi) is 4.42. The molecule has 1 saturated heterocycles. The summed E-state index contributed by atoms with van der Waals surface area (Å²) < 4.78 is 43.8. The quantitative estimate of drug-likeness (QED) is 0.553. The van der Waals surface area contributed by atoms with E-state index in [1.54, 1.807) is 0 Å². The van der Waals surface area contributed by atoms with Crippen LogP contribution in [0.15, 0.2) is 29.2 Å². The molecule has 3 aromatic rings. The second-order valence-corrected chi connectivity index (χ2v) is 7.16. The average molecular weight is 419 g/mol. The van der Waals surface area contributed by atoms with Gasteiger partial charge in [0.1, 0.15) is 17.2 Å². The molecule has 1 aliphatic rings. The lowest BCUT2D eigenvalue weighted by molar-refractivity contribution is 0.0695. The smallest absolute Gasteiger partial charge is 0.341 e. The largest absolute Gasteiger partial charge is 0.477 e. The summed E-state index contributed by atoms with van der Waals surface area (Å²) >= 11 is 0. The number of nitrogens with two attached hydrogens (primary N) is 2. The molecule has 0 saturated carbocycles. The van der Waals surface area contributed by atoms with Crippen LogP contribution in [0.3, 0.4) is 0 Å². The maximum atomic E-state index is 14.7. The molecule has 0 aliphatic carbocycles. The average Bonchev–Trinajstić information content (AvgIpc) is 2.69. The maximum absolute atomic E-state index is 14.7. The molecule has 1 aromatic carbocycles. The number of anilines is 2. The number of aromatic carboxylic acids is 1. The van der Waals surface area contributed by atoms with Crippen molar-refractivity contribution in [1.82, 2.24) is 9.55 Å². The van der Waals surface area contributed by atoms with Gasteiger partial charge in [0.05, 0.1) is 22.9 Å². The summed E-state index contributed by atoms with van der Waals surface area (Å²) in [6.45, 7) is 2.28. The van der Waals surface area contributed by atoms with Gasteiger partial charge in [-0.15, -0.1) is 0 Å². The van der Waals surface area contributed by atoms with E-state index in [2.05, 4.69) is 4.98 Å². The van der Waals surface area contributed by atoms with E-state index < -0.39 is 46.3 Å². The zero-order valence-electron chi connectivity index (χ0n) is 15.6. The fourth-order valence-corrected chi connectivity index (χ4v) is 3.43. The summed E-state index contributed by atoms with van der Waals surface area (Å²) in [7, 11) is 0. The number of carboxylic acid groups (broad SMARTS) is 1. The molecule has 0 radical (unpaired) electrons. The monoisotopic (exact) mass is 419 g/mol. The highest BCUT2D eigenvalue weighted by Gasteiger charge is 2.35. The molecule has 4 rings (SSSR count). The Morgan fingerprint density at radius 1 is 1.20 bits per heavy atom. The number of fused-ring (bicyclic) bond motifs is 1. The van der Waals surface area contributed by atoms with Gasteiger partial charge in [-0.3, -0.25) is 9.36 Å². The number of benzene rings is 1. The van der Waals surface area contributed by atoms with Gasteiger partial charge in [-0.2, -0.15) is 0 Å². The van der Waals surface area contributed by atoms with Gasteiger partial charge < -0.3 is 21.5 Å². The molecule has 8 nitrogen and oxygen atoms in total. The minimum atomic E-state index is -1.60. The fourth-order valence-electron chi connectivity index (χ4n) is 3.43. The van der Waals surface area contributed by atoms with Gasteiger partial charge in [0.15, 0.2) is 17.3 Å². The number of carboxylic acids is 1. The van der Waals surface area contributed by atoms with Crippen LogP contribution in [0.25, 0.3) is 16.7 Å². The minimum absolute atomic E-state index is 0.0767. The minimum Gasteiger partial charge on any atom is -0.477 e. The first-order valence-corrected chi connectivity index (χ1v) is 8.86. The van der Waals surface area contributed by atoms with E-state index in [0.29, 0.717) is 12.6 Å². The normalized spacial score (nSPS) is 18.5. The summed E-state index contributed by atoms with van der Waals surface area (Å²) in [4.78, 5) is 29.7. The van der Waals surface area contributed by atoms with Gasteiger partial charge in [-0.25, -0.2) is 22.9 Å². The Balaban J connectivity index is 2.07. The summed E-state index contributed by atoms with van der Waals surface area (Å²) in [6.07, 6.45) is 0.331. The summed E-state index contributed by atoms with van der Waals surface area (Å²) in [5.41, 5.74) is 8.77. The highest BCUT2D eigenvalue weighted by atomic mass is 19.1. The van der Waals surface area contributed by atoms with Crippen LogP contribution in [-0.4, -0.2) is 33.3 Å². The third-order valence-electron chi connectivity index (χ3n) is 5.17. The van der Waals surface area contributed by atoms with Gasteiger partial charge in [0.25, 0.3) is 0 Å². The molecule has 0 spiro atoms. The summed E-state index contributed by atoms with van der Waals surface area (Å²) in [6, 6.07) is 2.29. The van der Waals surface area contributed by atoms with Gasteiger partial charge >= 0.3 is 5.97 Å². The standard InChI is InChI=1S/C19H16F3N5O3/c1-7-5-27(16(7)24)18-12(22)2-8-15(28)9(19(29)30)6-26(17(8)25-18)14-4-13(23)10(20)3-11(14)21/h2-4,6-7,16H,5,23-24H2,1H3,(H,29,30). The summed E-state index contributed by atoms with van der Waals surface area (Å²) in [5, 5.41) is 8.97. The lowest BCUT2D eigenvalue weighted by atomic mass is 9.98. The van der Waals surface area contributed by atoms with Crippen molar-refractivity contribution in [1.29, 1.82) is 0 Å². The van der Waals surface area contributed by atoms with Gasteiger partial charge in [-0.1, -0.05) is 6.92 Å². The van der Waals surface area contributed by atoms with Crippen LogP contribution in [0.1, 0.15) is 17.3 Å². The van der Waals surface area contributed by atoms with Crippen molar-refractivity contribution in [2.75, 3.05) is 17.2 Å². The lowest BCUT2D eigenvalue weighted by Gasteiger charge is -2.45. The number of hydrogen-bond donors (Lipinski definition) is 3. The van der Waals surface area contributed by atoms with Crippen LogP contribution in [0.5, 0.6) is 0 Å². The van der Waals surface area contributed by atoms with Gasteiger partial charge in [0, 0.05) is 24.7 Å². The molecule has 2 unspecified atom stereocenters. The van der Waals surface area contributed by atoms with E-state index in [0.717, 1.165) is 22.9 Å². The predicted molar refractivity (Wildman–Crippen MR) is 103 cm³/mol. The first-order valence-electron chi connectivity index (χ1n) is 8.86. The van der Waals surface area contributed by atoms with Crippen LogP contribution in [-0.2, 0) is 0 Å². The predicted octanol–water partition coefficient (Wildman–Crippen LogP) is 1.82. The van der Waals surface area contributed by atoms with E-state index in [1.165, 1.54) is 4.90 Å². The van der Waals surface area contributed by atoms with Crippen molar-refractivity contribution in [2.24, 2.45) is 11.7 Å². The Morgan fingerprint density at radius 2 is 1.90 bits per heavy atom. The number of hydrogen-bond acceptors (Lipinski definition) is 6. The number of carbonyl (C=O) groups is 1. The third kappa shape index (κ3) is 2.86. The highest BCUT2D eigenvalue weighted by Crippen LogP contribution is 2.31. The van der Waals surface area contributed by atoms with Crippen molar-refractivity contribution in [3.63, 3.8) is 0 Å². The van der Waals surface area contributed by atoms with E-state index in [-0.39, 0.29) is 28.5 Å². The van der Waals surface area contributed by atoms with Crippen LogP contribution >= 0.6 is 0 Å². The van der Waals surface area contributed by atoms with E-state index in [1.807, 2.05) is 6.92 Å². The molecular formula is C19H16F3N5O3. The molecular weight excluding hydrogens is 403 g/mol. The van der Waals surface area contributed by atoms with Gasteiger partial charge in [-0.05, 0) is 12.1 Å². The first-order chi connectivity index (χ1) is 14.1. The molecule has 0 amide bonds. The second-order valence-electron chi connectivity index (χ2n) is 7.16. The molecule has 30 heavy (non-hydrogen) atoms. The number of halogens is 3. The fraction of sp³-hybridized carbons (Fsp3) is 0.211. The highest BCUT2D eigenvalue weighted by molar-refractivity contribution is 5.92. The molecule has 5 N–H and O–H groups in total. The number of pyridine rings is 2. The zero-order valence-corrected chi connectivity index (χ0v) is 15.6. The second kappa shape index (κ2) is 6.73. The topological polar surface area (TPSA) is 127 Å². The summed E-state index contributed by atoms with van der Waals surface area (Å²) in [5.74, 6) is -4.66. The Bertz CT molecular complexity index is 1280. The SMILES string of the molecule is CC1CN(c2nc3c(cc2F)c(=O)c(C(=O)O)cn3-c2cc(N)c(F)cc2F)C1N. The van der Waals surface area contributed by atoms with Crippen LogP contribution < -0.4 is 21.8 Å². The molecule has 3 heterocycles. The van der Waals surface area contributed by atoms with Gasteiger partial charge in [0.2, 0.25) is 5.43 Å². The lowest BCUT2D eigenvalue weighted by Crippen LogP contribution is -2.61.